The quantitative estimate of drug-likeness (QED) is 0.919. The Bertz CT molecular complexity index is 534. The van der Waals surface area contributed by atoms with Crippen molar-refractivity contribution in [2.45, 2.75) is 26.4 Å². The summed E-state index contributed by atoms with van der Waals surface area (Å²) in [4.78, 5) is 4.37. The minimum Gasteiger partial charge on any atom is -0.496 e. The highest BCUT2D eigenvalue weighted by atomic mass is 32.1. The fourth-order valence-corrected chi connectivity index (χ4v) is 2.59. The van der Waals surface area contributed by atoms with E-state index in [1.807, 2.05) is 11.4 Å². The van der Waals surface area contributed by atoms with Gasteiger partial charge in [0.25, 0.3) is 0 Å². The number of thiazole rings is 1. The highest BCUT2D eigenvalue weighted by Crippen LogP contribution is 2.34. The van der Waals surface area contributed by atoms with Crippen LogP contribution in [0.25, 0.3) is 10.6 Å². The van der Waals surface area contributed by atoms with E-state index < -0.39 is 0 Å². The Morgan fingerprint density at radius 1 is 1.39 bits per heavy atom. The maximum atomic E-state index is 9.05. The number of hydrogen-bond donors (Lipinski definition) is 1. The minimum atomic E-state index is -0.0249. The molecular formula is C14H17NO2S. The van der Waals surface area contributed by atoms with E-state index in [1.54, 1.807) is 7.11 Å². The number of methoxy groups -OCH3 is 1. The number of ether oxygens (including phenoxy) is 1. The van der Waals surface area contributed by atoms with Crippen molar-refractivity contribution in [3.63, 3.8) is 0 Å². The molecule has 0 aliphatic carbocycles. The largest absolute Gasteiger partial charge is 0.496 e. The normalized spacial score (nSPS) is 10.9. The van der Waals surface area contributed by atoms with Crippen LogP contribution >= 0.6 is 11.3 Å². The van der Waals surface area contributed by atoms with Crippen LogP contribution in [-0.4, -0.2) is 17.2 Å². The molecule has 0 radical (unpaired) electrons. The van der Waals surface area contributed by atoms with E-state index in [0.29, 0.717) is 11.6 Å². The van der Waals surface area contributed by atoms with Gasteiger partial charge in [0.15, 0.2) is 0 Å². The zero-order valence-electron chi connectivity index (χ0n) is 10.8. The third kappa shape index (κ3) is 2.54. The zero-order chi connectivity index (χ0) is 13.1. The van der Waals surface area contributed by atoms with E-state index in [0.717, 1.165) is 16.3 Å². The molecule has 0 unspecified atom stereocenters. The second-order valence-electron chi connectivity index (χ2n) is 4.42. The fraction of sp³-hybridized carbons (Fsp3) is 0.357. The summed E-state index contributed by atoms with van der Waals surface area (Å²) in [5.41, 5.74) is 2.92. The molecule has 1 aromatic carbocycles. The van der Waals surface area contributed by atoms with Crippen LogP contribution < -0.4 is 4.74 Å². The zero-order valence-corrected chi connectivity index (χ0v) is 11.6. The van der Waals surface area contributed by atoms with Crippen LogP contribution in [0.5, 0.6) is 5.75 Å². The Kier molecular flexibility index (Phi) is 3.99. The highest BCUT2D eigenvalue weighted by molar-refractivity contribution is 7.13. The summed E-state index contributed by atoms with van der Waals surface area (Å²) in [6.07, 6.45) is 0. The first-order valence-corrected chi connectivity index (χ1v) is 6.77. The van der Waals surface area contributed by atoms with Gasteiger partial charge < -0.3 is 9.84 Å². The van der Waals surface area contributed by atoms with Crippen molar-refractivity contribution in [3.05, 3.63) is 34.8 Å². The van der Waals surface area contributed by atoms with Gasteiger partial charge in [0, 0.05) is 5.38 Å². The van der Waals surface area contributed by atoms with Crippen LogP contribution in [0, 0.1) is 0 Å². The molecule has 2 aromatic rings. The molecule has 0 spiro atoms. The SMILES string of the molecule is COc1cc(C(C)C)ccc1-c1nc(CO)cs1. The van der Waals surface area contributed by atoms with Gasteiger partial charge in [-0.05, 0) is 23.6 Å². The first-order valence-electron chi connectivity index (χ1n) is 5.89. The number of hydrogen-bond acceptors (Lipinski definition) is 4. The Hall–Kier alpha value is -1.39. The van der Waals surface area contributed by atoms with Crippen LogP contribution in [0.4, 0.5) is 0 Å². The molecule has 1 aromatic heterocycles. The van der Waals surface area contributed by atoms with Crippen molar-refractivity contribution in [1.82, 2.24) is 4.98 Å². The topological polar surface area (TPSA) is 42.4 Å². The summed E-state index contributed by atoms with van der Waals surface area (Å²) >= 11 is 1.52. The predicted octanol–water partition coefficient (Wildman–Crippen LogP) is 3.43. The molecule has 0 aliphatic heterocycles. The van der Waals surface area contributed by atoms with E-state index in [1.165, 1.54) is 16.9 Å². The molecule has 0 atom stereocenters. The molecule has 0 saturated heterocycles. The van der Waals surface area contributed by atoms with E-state index >= 15 is 0 Å². The molecular weight excluding hydrogens is 246 g/mol. The molecule has 0 saturated carbocycles. The maximum Gasteiger partial charge on any atom is 0.129 e. The van der Waals surface area contributed by atoms with E-state index in [9.17, 15) is 0 Å². The standard InChI is InChI=1S/C14H17NO2S/c1-9(2)10-4-5-12(13(6-10)17-3)14-15-11(7-16)8-18-14/h4-6,8-9,16H,7H2,1-3H3. The third-order valence-corrected chi connectivity index (χ3v) is 3.76. The summed E-state index contributed by atoms with van der Waals surface area (Å²) in [7, 11) is 1.67. The fourth-order valence-electron chi connectivity index (χ4n) is 1.75. The first kappa shape index (κ1) is 13.1. The molecule has 0 bridgehead atoms. The molecule has 2 rings (SSSR count). The second kappa shape index (κ2) is 5.50. The van der Waals surface area contributed by atoms with Gasteiger partial charge in [0.1, 0.15) is 10.8 Å². The summed E-state index contributed by atoms with van der Waals surface area (Å²) in [6.45, 7) is 4.28. The van der Waals surface area contributed by atoms with E-state index in [4.69, 9.17) is 9.84 Å². The third-order valence-electron chi connectivity index (χ3n) is 2.84. The molecule has 1 N–H and O–H groups in total. The van der Waals surface area contributed by atoms with Crippen LogP contribution in [0.2, 0.25) is 0 Å². The Labute approximate surface area is 111 Å². The lowest BCUT2D eigenvalue weighted by molar-refractivity contribution is 0.278. The van der Waals surface area contributed by atoms with Crippen molar-refractivity contribution in [2.75, 3.05) is 7.11 Å². The Balaban J connectivity index is 2.44. The maximum absolute atomic E-state index is 9.05. The molecule has 3 nitrogen and oxygen atoms in total. The van der Waals surface area contributed by atoms with Gasteiger partial charge in [-0.25, -0.2) is 4.98 Å². The number of aromatic nitrogens is 1. The molecule has 0 amide bonds. The molecule has 0 aliphatic rings. The lowest BCUT2D eigenvalue weighted by Crippen LogP contribution is -1.93. The second-order valence-corrected chi connectivity index (χ2v) is 5.27. The average Bonchev–Trinajstić information content (AvgIpc) is 2.86. The Morgan fingerprint density at radius 2 is 2.17 bits per heavy atom. The van der Waals surface area contributed by atoms with Crippen molar-refractivity contribution >= 4 is 11.3 Å². The molecule has 18 heavy (non-hydrogen) atoms. The van der Waals surface area contributed by atoms with Crippen LogP contribution in [-0.2, 0) is 6.61 Å². The molecule has 0 fully saturated rings. The van der Waals surface area contributed by atoms with Crippen LogP contribution in [0.3, 0.4) is 0 Å². The first-order chi connectivity index (χ1) is 8.65. The molecule has 96 valence electrons. The van der Waals surface area contributed by atoms with Gasteiger partial charge in [0.2, 0.25) is 0 Å². The number of benzene rings is 1. The van der Waals surface area contributed by atoms with E-state index in [-0.39, 0.29) is 6.61 Å². The van der Waals surface area contributed by atoms with Gasteiger partial charge in [0.05, 0.1) is 25.0 Å². The molecule has 4 heteroatoms. The van der Waals surface area contributed by atoms with Gasteiger partial charge in [-0.2, -0.15) is 0 Å². The van der Waals surface area contributed by atoms with Crippen molar-refractivity contribution in [1.29, 1.82) is 0 Å². The summed E-state index contributed by atoms with van der Waals surface area (Å²) in [5, 5.41) is 11.8. The van der Waals surface area contributed by atoms with Crippen molar-refractivity contribution in [3.8, 4) is 16.3 Å². The predicted molar refractivity (Wildman–Crippen MR) is 74.1 cm³/mol. The van der Waals surface area contributed by atoms with Gasteiger partial charge in [-0.15, -0.1) is 11.3 Å². The van der Waals surface area contributed by atoms with E-state index in [2.05, 4.69) is 31.0 Å². The van der Waals surface area contributed by atoms with Crippen molar-refractivity contribution < 1.29 is 9.84 Å². The average molecular weight is 263 g/mol. The van der Waals surface area contributed by atoms with Crippen LogP contribution in [0.1, 0.15) is 31.0 Å². The van der Waals surface area contributed by atoms with Gasteiger partial charge in [-0.1, -0.05) is 19.9 Å². The monoisotopic (exact) mass is 263 g/mol. The Morgan fingerprint density at radius 3 is 2.72 bits per heavy atom. The van der Waals surface area contributed by atoms with Gasteiger partial charge >= 0.3 is 0 Å². The van der Waals surface area contributed by atoms with Gasteiger partial charge in [-0.3, -0.25) is 0 Å². The summed E-state index contributed by atoms with van der Waals surface area (Å²) in [6, 6.07) is 6.19. The minimum absolute atomic E-state index is 0.0249. The van der Waals surface area contributed by atoms with Crippen LogP contribution in [0.15, 0.2) is 23.6 Å². The summed E-state index contributed by atoms with van der Waals surface area (Å²) < 4.78 is 5.44. The highest BCUT2D eigenvalue weighted by Gasteiger charge is 2.12. The number of rotatable bonds is 4. The smallest absolute Gasteiger partial charge is 0.129 e. The lowest BCUT2D eigenvalue weighted by Gasteiger charge is -2.11. The number of nitrogens with zero attached hydrogens (tertiary/aromatic N) is 1. The summed E-state index contributed by atoms with van der Waals surface area (Å²) in [5.74, 6) is 1.30. The molecule has 1 heterocycles. The van der Waals surface area contributed by atoms with Crippen molar-refractivity contribution in [2.24, 2.45) is 0 Å². The lowest BCUT2D eigenvalue weighted by atomic mass is 10.0. The number of aliphatic hydroxyl groups is 1. The number of aliphatic hydroxyl groups excluding tert-OH is 1.